The van der Waals surface area contributed by atoms with Gasteiger partial charge in [-0.2, -0.15) is 0 Å². The van der Waals surface area contributed by atoms with Crippen molar-refractivity contribution in [3.05, 3.63) is 95.0 Å². The van der Waals surface area contributed by atoms with E-state index >= 15 is 0 Å². The molecule has 0 saturated carbocycles. The van der Waals surface area contributed by atoms with E-state index in [0.29, 0.717) is 22.5 Å². The molecule has 3 aromatic heterocycles. The minimum atomic E-state index is -2.63. The van der Waals surface area contributed by atoms with Gasteiger partial charge in [0.15, 0.2) is 0 Å². The van der Waals surface area contributed by atoms with Crippen LogP contribution in [0.2, 0.25) is 0 Å². The molecule has 2 N–H and O–H groups in total. The Balaban J connectivity index is 1.84. The SMILES string of the molecule is Nc1ccc(-c2ccc3ncc4ccc(=O)n(-c5cccc(C(F)F)c5)c4c3c2)cn1. The zero-order chi connectivity index (χ0) is 21.5. The van der Waals surface area contributed by atoms with E-state index in [0.717, 1.165) is 21.9 Å². The van der Waals surface area contributed by atoms with Crippen LogP contribution in [-0.4, -0.2) is 14.5 Å². The van der Waals surface area contributed by atoms with Crippen molar-refractivity contribution in [1.82, 2.24) is 14.5 Å². The first-order valence-electron chi connectivity index (χ1n) is 9.56. The number of nitrogens with two attached hydrogens (primary N) is 1. The normalized spacial score (nSPS) is 11.5. The van der Waals surface area contributed by atoms with E-state index in [-0.39, 0.29) is 11.1 Å². The second kappa shape index (κ2) is 7.28. The van der Waals surface area contributed by atoms with Crippen molar-refractivity contribution in [2.45, 2.75) is 6.43 Å². The summed E-state index contributed by atoms with van der Waals surface area (Å²) < 4.78 is 28.0. The van der Waals surface area contributed by atoms with Crippen molar-refractivity contribution in [2.75, 3.05) is 5.73 Å². The van der Waals surface area contributed by atoms with E-state index in [9.17, 15) is 13.6 Å². The first kappa shape index (κ1) is 18.9. The molecule has 3 heterocycles. The van der Waals surface area contributed by atoms with Crippen LogP contribution in [0.15, 0.2) is 83.9 Å². The van der Waals surface area contributed by atoms with Gasteiger partial charge in [0.05, 0.1) is 11.0 Å². The van der Waals surface area contributed by atoms with Crippen LogP contribution in [0, 0.1) is 0 Å². The molecule has 31 heavy (non-hydrogen) atoms. The van der Waals surface area contributed by atoms with E-state index < -0.39 is 6.43 Å². The van der Waals surface area contributed by atoms with E-state index in [1.165, 1.54) is 28.8 Å². The van der Waals surface area contributed by atoms with Gasteiger partial charge >= 0.3 is 0 Å². The van der Waals surface area contributed by atoms with Crippen LogP contribution in [-0.2, 0) is 0 Å². The number of alkyl halides is 2. The third kappa shape index (κ3) is 3.30. The lowest BCUT2D eigenvalue weighted by atomic mass is 10.0. The summed E-state index contributed by atoms with van der Waals surface area (Å²) in [6.07, 6.45) is 0.720. The molecule has 0 aliphatic heterocycles. The van der Waals surface area contributed by atoms with E-state index in [1.54, 1.807) is 30.6 Å². The maximum Gasteiger partial charge on any atom is 0.263 e. The third-order valence-electron chi connectivity index (χ3n) is 5.22. The van der Waals surface area contributed by atoms with E-state index in [2.05, 4.69) is 9.97 Å². The zero-order valence-corrected chi connectivity index (χ0v) is 16.2. The van der Waals surface area contributed by atoms with Gasteiger partial charge in [0.2, 0.25) is 0 Å². The number of rotatable bonds is 3. The van der Waals surface area contributed by atoms with Gasteiger partial charge in [0, 0.05) is 46.0 Å². The van der Waals surface area contributed by atoms with Crippen molar-refractivity contribution in [1.29, 1.82) is 0 Å². The number of anilines is 1. The number of hydrogen-bond donors (Lipinski definition) is 1. The Morgan fingerprint density at radius 3 is 2.48 bits per heavy atom. The maximum absolute atomic E-state index is 13.3. The minimum Gasteiger partial charge on any atom is -0.384 e. The van der Waals surface area contributed by atoms with Crippen LogP contribution >= 0.6 is 0 Å². The average molecular weight is 414 g/mol. The van der Waals surface area contributed by atoms with Gasteiger partial charge in [0.1, 0.15) is 5.82 Å². The molecule has 0 bridgehead atoms. The third-order valence-corrected chi connectivity index (χ3v) is 5.22. The summed E-state index contributed by atoms with van der Waals surface area (Å²) >= 11 is 0. The molecule has 0 unspecified atom stereocenters. The van der Waals surface area contributed by atoms with Gasteiger partial charge < -0.3 is 5.73 Å². The molecule has 0 atom stereocenters. The van der Waals surface area contributed by atoms with Gasteiger partial charge in [0.25, 0.3) is 12.0 Å². The molecule has 0 amide bonds. The summed E-state index contributed by atoms with van der Waals surface area (Å²) in [7, 11) is 0. The smallest absolute Gasteiger partial charge is 0.263 e. The summed E-state index contributed by atoms with van der Waals surface area (Å²) in [5.74, 6) is 0.421. The Hall–Kier alpha value is -4.13. The van der Waals surface area contributed by atoms with Gasteiger partial charge in [-0.3, -0.25) is 14.3 Å². The fourth-order valence-electron chi connectivity index (χ4n) is 3.72. The molecule has 152 valence electrons. The fourth-order valence-corrected chi connectivity index (χ4v) is 3.72. The van der Waals surface area contributed by atoms with Crippen LogP contribution in [0.1, 0.15) is 12.0 Å². The molecule has 0 radical (unpaired) electrons. The molecular formula is C24H16F2N4O. The van der Waals surface area contributed by atoms with Gasteiger partial charge in [-0.05, 0) is 48.0 Å². The molecular weight excluding hydrogens is 398 g/mol. The quantitative estimate of drug-likeness (QED) is 0.416. The summed E-state index contributed by atoms with van der Waals surface area (Å²) in [5.41, 5.74) is 8.63. The predicted octanol–water partition coefficient (Wildman–Crippen LogP) is 5.12. The van der Waals surface area contributed by atoms with E-state index in [4.69, 9.17) is 5.73 Å². The van der Waals surface area contributed by atoms with E-state index in [1.807, 2.05) is 24.3 Å². The number of pyridine rings is 3. The fraction of sp³-hybridized carbons (Fsp3) is 0.0417. The second-order valence-corrected chi connectivity index (χ2v) is 7.17. The van der Waals surface area contributed by atoms with Crippen LogP contribution in [0.4, 0.5) is 14.6 Å². The Bertz CT molecular complexity index is 1490. The lowest BCUT2D eigenvalue weighted by molar-refractivity contribution is 0.151. The predicted molar refractivity (Wildman–Crippen MR) is 117 cm³/mol. The number of fused-ring (bicyclic) bond motifs is 3. The van der Waals surface area contributed by atoms with Crippen molar-refractivity contribution >= 4 is 27.6 Å². The number of halogens is 2. The average Bonchev–Trinajstić information content (AvgIpc) is 2.79. The van der Waals surface area contributed by atoms with Crippen molar-refractivity contribution in [3.63, 3.8) is 0 Å². The molecule has 5 nitrogen and oxygen atoms in total. The molecule has 0 spiro atoms. The maximum atomic E-state index is 13.3. The molecule has 5 rings (SSSR count). The summed E-state index contributed by atoms with van der Waals surface area (Å²) in [6, 6.07) is 18.2. The van der Waals surface area contributed by atoms with Crippen molar-refractivity contribution < 1.29 is 8.78 Å². The molecule has 2 aromatic carbocycles. The summed E-state index contributed by atoms with van der Waals surface area (Å²) in [6.45, 7) is 0. The Morgan fingerprint density at radius 2 is 1.71 bits per heavy atom. The topological polar surface area (TPSA) is 73.8 Å². The lowest BCUT2D eigenvalue weighted by Crippen LogP contribution is -2.18. The number of nitrogens with zero attached hydrogens (tertiary/aromatic N) is 3. The zero-order valence-electron chi connectivity index (χ0n) is 16.2. The Labute approximate surface area is 175 Å². The molecule has 0 aliphatic rings. The summed E-state index contributed by atoms with van der Waals surface area (Å²) in [5, 5.41) is 1.45. The monoisotopic (exact) mass is 414 g/mol. The van der Waals surface area contributed by atoms with Crippen LogP contribution in [0.3, 0.4) is 0 Å². The Kier molecular flexibility index (Phi) is 4.43. The minimum absolute atomic E-state index is 0.145. The molecule has 5 aromatic rings. The number of aromatic nitrogens is 3. The Morgan fingerprint density at radius 1 is 0.871 bits per heavy atom. The first-order valence-corrected chi connectivity index (χ1v) is 9.56. The number of nitrogen functional groups attached to an aromatic ring is 1. The molecule has 0 aliphatic carbocycles. The summed E-state index contributed by atoms with van der Waals surface area (Å²) in [4.78, 5) is 21.5. The lowest BCUT2D eigenvalue weighted by Gasteiger charge is -2.14. The number of benzene rings is 2. The molecule has 0 saturated heterocycles. The van der Waals surface area contributed by atoms with Crippen molar-refractivity contribution in [3.8, 4) is 16.8 Å². The first-order chi connectivity index (χ1) is 15.0. The molecule has 7 heteroatoms. The van der Waals surface area contributed by atoms with Gasteiger partial charge in [-0.15, -0.1) is 0 Å². The van der Waals surface area contributed by atoms with Crippen LogP contribution < -0.4 is 11.3 Å². The highest BCUT2D eigenvalue weighted by Crippen LogP contribution is 2.30. The largest absolute Gasteiger partial charge is 0.384 e. The highest BCUT2D eigenvalue weighted by Gasteiger charge is 2.14. The van der Waals surface area contributed by atoms with Gasteiger partial charge in [-0.1, -0.05) is 18.2 Å². The highest BCUT2D eigenvalue weighted by molar-refractivity contribution is 6.05. The standard InChI is InChI=1S/C24H16F2N4O/c25-24(26)15-2-1-3-18(10-15)30-22(31)9-6-17-13-28-20-7-4-14(11-19(20)23(17)30)16-5-8-21(27)29-12-16/h1-13,24H,(H2,27,29). The van der Waals surface area contributed by atoms with Crippen LogP contribution in [0.5, 0.6) is 0 Å². The van der Waals surface area contributed by atoms with Crippen molar-refractivity contribution in [2.24, 2.45) is 0 Å². The molecule has 0 fully saturated rings. The second-order valence-electron chi connectivity index (χ2n) is 7.17. The highest BCUT2D eigenvalue weighted by atomic mass is 19.3. The van der Waals surface area contributed by atoms with Gasteiger partial charge in [-0.25, -0.2) is 13.8 Å². The van der Waals surface area contributed by atoms with Crippen LogP contribution in [0.25, 0.3) is 38.6 Å². The number of hydrogen-bond acceptors (Lipinski definition) is 4.